The largest absolute Gasteiger partial charge is 0.494 e. The highest BCUT2D eigenvalue weighted by atomic mass is 35.5. The van der Waals surface area contributed by atoms with E-state index < -0.39 is 0 Å². The number of fused-ring (bicyclic) bond motifs is 1. The molecule has 0 amide bonds. The second kappa shape index (κ2) is 6.20. The zero-order chi connectivity index (χ0) is 15.5. The van der Waals surface area contributed by atoms with Crippen molar-refractivity contribution in [3.05, 3.63) is 53.3 Å². The molecule has 0 fully saturated rings. The van der Waals surface area contributed by atoms with Crippen molar-refractivity contribution in [2.45, 2.75) is 13.3 Å². The van der Waals surface area contributed by atoms with Crippen LogP contribution in [0.2, 0.25) is 5.02 Å². The van der Waals surface area contributed by atoms with Gasteiger partial charge in [0.15, 0.2) is 6.29 Å². The molecule has 5 heteroatoms. The number of hydrogen-bond donors (Lipinski definition) is 0. The molecule has 0 bridgehead atoms. The van der Waals surface area contributed by atoms with Crippen LogP contribution in [0.1, 0.15) is 23.8 Å². The van der Waals surface area contributed by atoms with E-state index in [0.717, 1.165) is 24.0 Å². The Hall–Kier alpha value is -2.33. The Bertz CT molecular complexity index is 809. The zero-order valence-electron chi connectivity index (χ0n) is 12.1. The van der Waals surface area contributed by atoms with E-state index in [2.05, 4.69) is 11.9 Å². The molecule has 0 N–H and O–H groups in total. The molecular formula is C17H15ClN2O2. The molecule has 3 aromatic rings. The maximum Gasteiger partial charge on any atom is 0.169 e. The summed E-state index contributed by atoms with van der Waals surface area (Å²) in [6, 6.07) is 11.1. The number of benzene rings is 1. The second-order valence-corrected chi connectivity index (χ2v) is 5.35. The van der Waals surface area contributed by atoms with E-state index in [4.69, 9.17) is 16.3 Å². The van der Waals surface area contributed by atoms with Crippen molar-refractivity contribution in [3.63, 3.8) is 0 Å². The van der Waals surface area contributed by atoms with Gasteiger partial charge in [-0.1, -0.05) is 18.5 Å². The van der Waals surface area contributed by atoms with Crippen LogP contribution in [0.3, 0.4) is 0 Å². The Kier molecular flexibility index (Phi) is 4.11. The van der Waals surface area contributed by atoms with Gasteiger partial charge in [0.05, 0.1) is 11.6 Å². The monoisotopic (exact) mass is 314 g/mol. The molecular weight excluding hydrogens is 300 g/mol. The minimum absolute atomic E-state index is 0.486. The molecule has 0 aliphatic heterocycles. The summed E-state index contributed by atoms with van der Waals surface area (Å²) < 4.78 is 7.27. The van der Waals surface area contributed by atoms with Crippen LogP contribution < -0.4 is 4.74 Å². The van der Waals surface area contributed by atoms with Crippen molar-refractivity contribution >= 4 is 23.5 Å². The summed E-state index contributed by atoms with van der Waals surface area (Å²) in [6.07, 6.45) is 3.45. The minimum atomic E-state index is 0.486. The predicted octanol–water partition coefficient (Wildman–Crippen LogP) is 4.26. The average molecular weight is 315 g/mol. The number of carbonyl (C=O) groups is 1. The van der Waals surface area contributed by atoms with Crippen LogP contribution >= 0.6 is 11.6 Å². The molecule has 0 radical (unpaired) electrons. The molecule has 0 unspecified atom stereocenters. The molecule has 0 spiro atoms. The fourth-order valence-corrected chi connectivity index (χ4v) is 2.45. The Morgan fingerprint density at radius 1 is 1.23 bits per heavy atom. The van der Waals surface area contributed by atoms with Crippen molar-refractivity contribution in [2.75, 3.05) is 6.61 Å². The van der Waals surface area contributed by atoms with Crippen molar-refractivity contribution in [1.82, 2.24) is 9.38 Å². The molecule has 4 nitrogen and oxygen atoms in total. The van der Waals surface area contributed by atoms with Crippen molar-refractivity contribution < 1.29 is 9.53 Å². The van der Waals surface area contributed by atoms with E-state index in [-0.39, 0.29) is 0 Å². The smallest absolute Gasteiger partial charge is 0.169 e. The van der Waals surface area contributed by atoms with Crippen LogP contribution in [0.15, 0.2) is 42.6 Å². The number of aldehydes is 1. The van der Waals surface area contributed by atoms with Crippen LogP contribution in [-0.4, -0.2) is 22.3 Å². The molecule has 3 rings (SSSR count). The summed E-state index contributed by atoms with van der Waals surface area (Å²) in [7, 11) is 0. The third-order valence-electron chi connectivity index (χ3n) is 3.33. The van der Waals surface area contributed by atoms with Crippen LogP contribution in [-0.2, 0) is 0 Å². The number of pyridine rings is 1. The van der Waals surface area contributed by atoms with Crippen LogP contribution in [0.5, 0.6) is 5.75 Å². The van der Waals surface area contributed by atoms with Gasteiger partial charge in [-0.2, -0.15) is 0 Å². The van der Waals surface area contributed by atoms with Gasteiger partial charge in [0.25, 0.3) is 0 Å². The normalized spacial score (nSPS) is 10.8. The topological polar surface area (TPSA) is 43.6 Å². The van der Waals surface area contributed by atoms with Crippen molar-refractivity contribution in [3.8, 4) is 17.0 Å². The Morgan fingerprint density at radius 2 is 2.00 bits per heavy atom. The zero-order valence-corrected chi connectivity index (χ0v) is 12.9. The van der Waals surface area contributed by atoms with Crippen LogP contribution in [0.4, 0.5) is 0 Å². The van der Waals surface area contributed by atoms with E-state index in [1.165, 1.54) is 0 Å². The van der Waals surface area contributed by atoms with Crippen LogP contribution in [0.25, 0.3) is 16.9 Å². The maximum atomic E-state index is 11.5. The van der Waals surface area contributed by atoms with E-state index >= 15 is 0 Å². The first kappa shape index (κ1) is 14.6. The summed E-state index contributed by atoms with van der Waals surface area (Å²) in [5.41, 5.74) is 2.68. The third kappa shape index (κ3) is 2.70. The number of imidazole rings is 1. The molecule has 2 heterocycles. The van der Waals surface area contributed by atoms with Crippen molar-refractivity contribution in [1.29, 1.82) is 0 Å². The molecule has 22 heavy (non-hydrogen) atoms. The molecule has 112 valence electrons. The first-order chi connectivity index (χ1) is 10.7. The second-order valence-electron chi connectivity index (χ2n) is 4.91. The number of carbonyl (C=O) groups excluding carboxylic acids is 1. The van der Waals surface area contributed by atoms with Gasteiger partial charge in [-0.25, -0.2) is 4.98 Å². The predicted molar refractivity (Wildman–Crippen MR) is 86.8 cm³/mol. The SMILES string of the molecule is CCCOc1ccc(-c2nc3ccc(Cl)cn3c2C=O)cc1. The lowest BCUT2D eigenvalue weighted by atomic mass is 10.1. The summed E-state index contributed by atoms with van der Waals surface area (Å²) in [5, 5.41) is 0.558. The molecule has 1 aromatic carbocycles. The Balaban J connectivity index is 2.04. The van der Waals surface area contributed by atoms with Gasteiger partial charge in [0, 0.05) is 11.8 Å². The quantitative estimate of drug-likeness (QED) is 0.661. The number of aromatic nitrogens is 2. The van der Waals surface area contributed by atoms with E-state index in [0.29, 0.717) is 28.7 Å². The summed E-state index contributed by atoms with van der Waals surface area (Å²) in [6.45, 7) is 2.75. The summed E-state index contributed by atoms with van der Waals surface area (Å²) in [5.74, 6) is 0.810. The lowest BCUT2D eigenvalue weighted by Gasteiger charge is -2.05. The lowest BCUT2D eigenvalue weighted by molar-refractivity contribution is 0.111. The fourth-order valence-electron chi connectivity index (χ4n) is 2.29. The number of nitrogens with zero attached hydrogens (tertiary/aromatic N) is 2. The van der Waals surface area contributed by atoms with Gasteiger partial charge >= 0.3 is 0 Å². The van der Waals surface area contributed by atoms with Gasteiger partial charge in [0.2, 0.25) is 0 Å². The van der Waals surface area contributed by atoms with E-state index in [9.17, 15) is 4.79 Å². The highest BCUT2D eigenvalue weighted by molar-refractivity contribution is 6.30. The highest BCUT2D eigenvalue weighted by Crippen LogP contribution is 2.26. The van der Waals surface area contributed by atoms with Crippen LogP contribution in [0, 0.1) is 0 Å². The third-order valence-corrected chi connectivity index (χ3v) is 3.56. The Labute approximate surface area is 133 Å². The molecule has 0 saturated heterocycles. The van der Waals surface area contributed by atoms with Gasteiger partial charge in [-0.05, 0) is 42.8 Å². The summed E-state index contributed by atoms with van der Waals surface area (Å²) >= 11 is 5.99. The molecule has 0 atom stereocenters. The van der Waals surface area contributed by atoms with Gasteiger partial charge in [0.1, 0.15) is 22.8 Å². The molecule has 0 aliphatic rings. The summed E-state index contributed by atoms with van der Waals surface area (Å²) in [4.78, 5) is 16.0. The first-order valence-corrected chi connectivity index (χ1v) is 7.46. The highest BCUT2D eigenvalue weighted by Gasteiger charge is 2.13. The maximum absolute atomic E-state index is 11.5. The van der Waals surface area contributed by atoms with Gasteiger partial charge in [-0.3, -0.25) is 9.20 Å². The molecule has 0 aliphatic carbocycles. The molecule has 0 saturated carbocycles. The lowest BCUT2D eigenvalue weighted by Crippen LogP contribution is -1.95. The number of ether oxygens (including phenoxy) is 1. The Morgan fingerprint density at radius 3 is 2.68 bits per heavy atom. The number of rotatable bonds is 5. The first-order valence-electron chi connectivity index (χ1n) is 7.09. The average Bonchev–Trinajstić information content (AvgIpc) is 2.91. The van der Waals surface area contributed by atoms with E-state index in [1.54, 1.807) is 22.7 Å². The fraction of sp³-hybridized carbons (Fsp3) is 0.176. The number of hydrogen-bond acceptors (Lipinski definition) is 3. The van der Waals surface area contributed by atoms with E-state index in [1.807, 2.05) is 24.3 Å². The standard InChI is InChI=1S/C17H15ClN2O2/c1-2-9-22-14-6-3-12(4-7-14)17-15(11-21)20-10-13(18)5-8-16(20)19-17/h3-8,10-11H,2,9H2,1H3. The molecule has 2 aromatic heterocycles. The van der Waals surface area contributed by atoms with Crippen molar-refractivity contribution in [2.24, 2.45) is 0 Å². The van der Waals surface area contributed by atoms with Gasteiger partial charge < -0.3 is 4.74 Å². The number of halogens is 1. The van der Waals surface area contributed by atoms with Gasteiger partial charge in [-0.15, -0.1) is 0 Å². The minimum Gasteiger partial charge on any atom is -0.494 e.